The van der Waals surface area contributed by atoms with Gasteiger partial charge < -0.3 is 10.4 Å². The van der Waals surface area contributed by atoms with Gasteiger partial charge in [-0.3, -0.25) is 9.69 Å². The summed E-state index contributed by atoms with van der Waals surface area (Å²) in [6.07, 6.45) is 2.12. The minimum atomic E-state index is -0.281. The summed E-state index contributed by atoms with van der Waals surface area (Å²) in [6.45, 7) is 6.71. The third kappa shape index (κ3) is 2.56. The van der Waals surface area contributed by atoms with E-state index in [2.05, 4.69) is 48.3 Å². The van der Waals surface area contributed by atoms with Gasteiger partial charge in [-0.15, -0.1) is 0 Å². The van der Waals surface area contributed by atoms with Crippen LogP contribution in [0.3, 0.4) is 0 Å². The van der Waals surface area contributed by atoms with E-state index in [1.54, 1.807) is 0 Å². The zero-order chi connectivity index (χ0) is 16.8. The monoisotopic (exact) mass is 328 g/mol. The van der Waals surface area contributed by atoms with Crippen LogP contribution in [-0.2, 0) is 4.79 Å². The van der Waals surface area contributed by atoms with E-state index in [4.69, 9.17) is 0 Å². The van der Waals surface area contributed by atoms with Gasteiger partial charge in [-0.05, 0) is 37.3 Å². The summed E-state index contributed by atoms with van der Waals surface area (Å²) in [5.41, 5.74) is 2.73. The topological polar surface area (TPSA) is 52.6 Å². The maximum atomic E-state index is 12.6. The lowest BCUT2D eigenvalue weighted by atomic mass is 9.81. The molecule has 1 aliphatic heterocycles. The Bertz CT molecular complexity index is 626. The molecule has 4 heteroatoms. The average Bonchev–Trinajstić information content (AvgIpc) is 3.10. The minimum Gasteiger partial charge on any atom is -0.393 e. The molecule has 2 aliphatic carbocycles. The van der Waals surface area contributed by atoms with Crippen LogP contribution in [0.5, 0.6) is 0 Å². The predicted octanol–water partition coefficient (Wildman–Crippen LogP) is 2.44. The number of hydrogen-bond acceptors (Lipinski definition) is 3. The molecule has 4 nitrogen and oxygen atoms in total. The molecule has 0 bridgehead atoms. The molecule has 4 rings (SSSR count). The Kier molecular flexibility index (Phi) is 4.13. The van der Waals surface area contributed by atoms with Crippen LogP contribution >= 0.6 is 0 Å². The third-order valence-electron chi connectivity index (χ3n) is 6.55. The van der Waals surface area contributed by atoms with E-state index in [-0.39, 0.29) is 24.0 Å². The number of benzene rings is 1. The minimum absolute atomic E-state index is 0.00159. The molecule has 1 heterocycles. The van der Waals surface area contributed by atoms with E-state index in [0.717, 1.165) is 19.5 Å². The lowest BCUT2D eigenvalue weighted by Gasteiger charge is -2.32. The van der Waals surface area contributed by atoms with E-state index >= 15 is 0 Å². The van der Waals surface area contributed by atoms with Crippen molar-refractivity contribution in [2.24, 2.45) is 11.8 Å². The number of aliphatic hydroxyl groups is 1. The number of carbonyl (C=O) groups excluding carboxylic acids is 1. The van der Waals surface area contributed by atoms with Crippen molar-refractivity contribution in [3.05, 3.63) is 35.4 Å². The fourth-order valence-corrected chi connectivity index (χ4v) is 4.77. The van der Waals surface area contributed by atoms with Gasteiger partial charge in [0.05, 0.1) is 12.1 Å². The lowest BCUT2D eigenvalue weighted by Crippen LogP contribution is -2.44. The summed E-state index contributed by atoms with van der Waals surface area (Å²) in [5.74, 6) is 1.14. The Hall–Kier alpha value is -1.39. The molecule has 0 aromatic heterocycles. The molecule has 1 amide bonds. The van der Waals surface area contributed by atoms with Crippen molar-refractivity contribution in [3.8, 4) is 0 Å². The number of likely N-dealkylation sites (tertiary alicyclic amines) is 1. The van der Waals surface area contributed by atoms with Crippen LogP contribution in [0.2, 0.25) is 0 Å². The first-order valence-corrected chi connectivity index (χ1v) is 9.39. The van der Waals surface area contributed by atoms with Gasteiger partial charge in [0, 0.05) is 36.9 Å². The zero-order valence-corrected chi connectivity index (χ0v) is 14.6. The predicted molar refractivity (Wildman–Crippen MR) is 93.6 cm³/mol. The van der Waals surface area contributed by atoms with Crippen LogP contribution in [0.1, 0.15) is 56.2 Å². The van der Waals surface area contributed by atoms with Crippen LogP contribution in [0.4, 0.5) is 0 Å². The highest BCUT2D eigenvalue weighted by Crippen LogP contribution is 2.49. The van der Waals surface area contributed by atoms with Gasteiger partial charge in [0.15, 0.2) is 0 Å². The molecule has 1 saturated carbocycles. The fraction of sp³-hybridized carbons (Fsp3) is 0.650. The molecular formula is C20H28N2O2. The van der Waals surface area contributed by atoms with E-state index in [1.165, 1.54) is 11.1 Å². The van der Waals surface area contributed by atoms with Gasteiger partial charge >= 0.3 is 0 Å². The molecule has 4 atom stereocenters. The largest absolute Gasteiger partial charge is 0.393 e. The number of amides is 1. The first-order valence-electron chi connectivity index (χ1n) is 9.39. The molecule has 2 N–H and O–H groups in total. The smallest absolute Gasteiger partial charge is 0.223 e. The third-order valence-corrected chi connectivity index (χ3v) is 6.55. The summed E-state index contributed by atoms with van der Waals surface area (Å²) >= 11 is 0. The van der Waals surface area contributed by atoms with Crippen LogP contribution in [0.15, 0.2) is 24.3 Å². The molecule has 0 unspecified atom stereocenters. The van der Waals surface area contributed by atoms with Crippen molar-refractivity contribution in [2.75, 3.05) is 13.1 Å². The number of nitrogens with one attached hydrogen (secondary N) is 1. The van der Waals surface area contributed by atoms with E-state index in [1.807, 2.05) is 0 Å². The highest BCUT2D eigenvalue weighted by Gasteiger charge is 2.48. The standard InChI is InChI=1S/C20H28N2O2/c1-3-12(2)22-10-17-15-6-4-5-7-16(15)19(18(17)11-22)21-20(24)13-8-14(23)9-13/h4-7,12-14,17-19,23H,3,8-11H2,1-2H3,(H,21,24)/t12-,13?,14?,17-,18-,19+/m0/s1. The zero-order valence-electron chi connectivity index (χ0n) is 14.6. The highest BCUT2D eigenvalue weighted by atomic mass is 16.3. The summed E-state index contributed by atoms with van der Waals surface area (Å²) in [6, 6.07) is 9.35. The maximum absolute atomic E-state index is 12.6. The van der Waals surface area contributed by atoms with Gasteiger partial charge in [-0.1, -0.05) is 31.2 Å². The van der Waals surface area contributed by atoms with Crippen LogP contribution < -0.4 is 5.32 Å². The number of nitrogens with zero attached hydrogens (tertiary/aromatic N) is 1. The molecule has 1 aromatic rings. The highest BCUT2D eigenvalue weighted by molar-refractivity contribution is 5.80. The lowest BCUT2D eigenvalue weighted by molar-refractivity contribution is -0.132. The Morgan fingerprint density at radius 3 is 2.67 bits per heavy atom. The van der Waals surface area contributed by atoms with Gasteiger partial charge in [-0.25, -0.2) is 0 Å². The Morgan fingerprint density at radius 1 is 1.29 bits per heavy atom. The quantitative estimate of drug-likeness (QED) is 0.893. The van der Waals surface area contributed by atoms with E-state index in [0.29, 0.717) is 30.7 Å². The van der Waals surface area contributed by atoms with Crippen molar-refractivity contribution in [1.82, 2.24) is 10.2 Å². The Morgan fingerprint density at radius 2 is 2.00 bits per heavy atom. The van der Waals surface area contributed by atoms with E-state index < -0.39 is 0 Å². The molecule has 1 aromatic carbocycles. The molecule has 130 valence electrons. The van der Waals surface area contributed by atoms with Crippen LogP contribution in [0.25, 0.3) is 0 Å². The van der Waals surface area contributed by atoms with Gasteiger partial charge in [0.25, 0.3) is 0 Å². The molecule has 0 spiro atoms. The molecule has 1 saturated heterocycles. The van der Waals surface area contributed by atoms with Crippen molar-refractivity contribution < 1.29 is 9.90 Å². The number of hydrogen-bond donors (Lipinski definition) is 2. The second-order valence-electron chi connectivity index (χ2n) is 7.92. The normalized spacial score (nSPS) is 35.9. The summed E-state index contributed by atoms with van der Waals surface area (Å²) in [5, 5.41) is 12.8. The van der Waals surface area contributed by atoms with Crippen molar-refractivity contribution in [3.63, 3.8) is 0 Å². The maximum Gasteiger partial charge on any atom is 0.223 e. The van der Waals surface area contributed by atoms with E-state index in [9.17, 15) is 9.90 Å². The molecule has 0 radical (unpaired) electrons. The number of rotatable bonds is 4. The fourth-order valence-electron chi connectivity index (χ4n) is 4.77. The first-order chi connectivity index (χ1) is 11.6. The van der Waals surface area contributed by atoms with Gasteiger partial charge in [-0.2, -0.15) is 0 Å². The van der Waals surface area contributed by atoms with Crippen molar-refractivity contribution in [2.45, 2.75) is 57.2 Å². The number of carbonyl (C=O) groups is 1. The van der Waals surface area contributed by atoms with Gasteiger partial charge in [0.1, 0.15) is 0 Å². The van der Waals surface area contributed by atoms with Crippen LogP contribution in [-0.4, -0.2) is 41.1 Å². The number of aliphatic hydroxyl groups excluding tert-OH is 1. The Balaban J connectivity index is 1.55. The second kappa shape index (κ2) is 6.16. The second-order valence-corrected chi connectivity index (χ2v) is 7.92. The Labute approximate surface area is 144 Å². The van der Waals surface area contributed by atoms with Crippen molar-refractivity contribution in [1.29, 1.82) is 0 Å². The summed E-state index contributed by atoms with van der Waals surface area (Å²) in [4.78, 5) is 15.1. The SMILES string of the molecule is CC[C@H](C)N1C[C@@H]2[C@H](NC(=O)C3CC(O)C3)c3ccccc3[C@@H]2C1. The average molecular weight is 328 g/mol. The van der Waals surface area contributed by atoms with Gasteiger partial charge in [0.2, 0.25) is 5.91 Å². The molecule has 3 aliphatic rings. The molecule has 24 heavy (non-hydrogen) atoms. The number of fused-ring (bicyclic) bond motifs is 3. The first kappa shape index (κ1) is 16.1. The van der Waals surface area contributed by atoms with Crippen LogP contribution in [0, 0.1) is 11.8 Å². The summed E-state index contributed by atoms with van der Waals surface area (Å²) < 4.78 is 0. The molecule has 2 fully saturated rings. The summed E-state index contributed by atoms with van der Waals surface area (Å²) in [7, 11) is 0. The molecular weight excluding hydrogens is 300 g/mol. The van der Waals surface area contributed by atoms with Crippen molar-refractivity contribution >= 4 is 5.91 Å².